The fourth-order valence-corrected chi connectivity index (χ4v) is 4.90. The van der Waals surface area contributed by atoms with Gasteiger partial charge in [0.25, 0.3) is 0 Å². The summed E-state index contributed by atoms with van der Waals surface area (Å²) in [7, 11) is 1.61. The van der Waals surface area contributed by atoms with Gasteiger partial charge < -0.3 is 20.1 Å². The number of carbonyl (C=O) groups is 2. The van der Waals surface area contributed by atoms with Gasteiger partial charge in [0.1, 0.15) is 0 Å². The van der Waals surface area contributed by atoms with Crippen LogP contribution in [0.4, 0.5) is 5.69 Å². The third kappa shape index (κ3) is 5.37. The van der Waals surface area contributed by atoms with Crippen molar-refractivity contribution in [2.24, 2.45) is 11.8 Å². The zero-order valence-electron chi connectivity index (χ0n) is 18.0. The first-order chi connectivity index (χ1) is 13.8. The van der Waals surface area contributed by atoms with Gasteiger partial charge in [0.2, 0.25) is 11.8 Å². The number of hydrogen-bond donors (Lipinski definition) is 2. The molecular weight excluding hydrogens is 368 g/mol. The summed E-state index contributed by atoms with van der Waals surface area (Å²) >= 11 is 0. The van der Waals surface area contributed by atoms with E-state index in [0.717, 1.165) is 30.5 Å². The van der Waals surface area contributed by atoms with Gasteiger partial charge in [-0.25, -0.2) is 0 Å². The van der Waals surface area contributed by atoms with Gasteiger partial charge in [-0.15, -0.1) is 0 Å². The normalized spacial score (nSPS) is 31.6. The smallest absolute Gasteiger partial charge is 0.222 e. The highest BCUT2D eigenvalue weighted by Gasteiger charge is 2.49. The Hall–Kier alpha value is -1.92. The fraction of sp³-hybridized carbons (Fsp3) is 0.652. The van der Waals surface area contributed by atoms with Crippen molar-refractivity contribution in [2.45, 2.75) is 70.6 Å². The van der Waals surface area contributed by atoms with Crippen LogP contribution in [-0.4, -0.2) is 37.2 Å². The summed E-state index contributed by atoms with van der Waals surface area (Å²) in [6, 6.07) is 7.83. The predicted molar refractivity (Wildman–Crippen MR) is 113 cm³/mol. The molecule has 2 fully saturated rings. The van der Waals surface area contributed by atoms with E-state index in [2.05, 4.69) is 24.5 Å². The number of carbonyl (C=O) groups excluding carboxylic acids is 2. The van der Waals surface area contributed by atoms with E-state index in [4.69, 9.17) is 9.47 Å². The Bertz CT molecular complexity index is 720. The molecular formula is C23H34N2O4. The molecule has 5 atom stereocenters. The molecule has 0 aromatic heterocycles. The van der Waals surface area contributed by atoms with E-state index in [1.165, 1.54) is 13.3 Å². The first kappa shape index (κ1) is 21.8. The Labute approximate surface area is 173 Å². The Morgan fingerprint density at radius 2 is 1.97 bits per heavy atom. The van der Waals surface area contributed by atoms with Gasteiger partial charge in [-0.1, -0.05) is 25.5 Å². The third-order valence-corrected chi connectivity index (χ3v) is 6.38. The van der Waals surface area contributed by atoms with Gasteiger partial charge in [-0.3, -0.25) is 9.59 Å². The maximum absolute atomic E-state index is 12.5. The summed E-state index contributed by atoms with van der Waals surface area (Å²) in [4.78, 5) is 23.8. The Balaban J connectivity index is 1.80. The molecule has 0 bridgehead atoms. The lowest BCUT2D eigenvalue weighted by atomic mass is 9.66. The zero-order chi connectivity index (χ0) is 21.0. The number of anilines is 1. The van der Waals surface area contributed by atoms with E-state index in [0.29, 0.717) is 24.9 Å². The van der Waals surface area contributed by atoms with Crippen LogP contribution in [0.2, 0.25) is 0 Å². The molecule has 1 aliphatic heterocycles. The molecule has 6 heteroatoms. The van der Waals surface area contributed by atoms with Gasteiger partial charge in [-0.05, 0) is 43.4 Å². The lowest BCUT2D eigenvalue weighted by molar-refractivity contribution is -0.154. The summed E-state index contributed by atoms with van der Waals surface area (Å²) in [6.45, 7) is 6.38. The highest BCUT2D eigenvalue weighted by molar-refractivity contribution is 5.88. The number of fused-ring (bicyclic) bond motifs is 1. The monoisotopic (exact) mass is 402 g/mol. The van der Waals surface area contributed by atoms with E-state index in [1.54, 1.807) is 7.11 Å². The van der Waals surface area contributed by atoms with Crippen LogP contribution in [0.3, 0.4) is 0 Å². The standard InChI is InChI=1S/C23H34N2O4/c1-15-5-10-19-20(13-15)29-21(14-23(19,3)25-22(27)11-12-28-4)17-6-8-18(9-7-17)24-16(2)26/h6-9,15,19-21H,5,10-14H2,1-4H3,(H,24,26)(H,25,27)/t15-,19-,20-,21-,23+/m1/s1. The van der Waals surface area contributed by atoms with Crippen molar-refractivity contribution in [1.82, 2.24) is 5.32 Å². The van der Waals surface area contributed by atoms with Crippen molar-refractivity contribution < 1.29 is 19.1 Å². The van der Waals surface area contributed by atoms with Gasteiger partial charge in [-0.2, -0.15) is 0 Å². The molecule has 0 spiro atoms. The number of ether oxygens (including phenoxy) is 2. The van der Waals surface area contributed by atoms with E-state index < -0.39 is 0 Å². The molecule has 3 rings (SSSR count). The number of rotatable bonds is 6. The van der Waals surface area contributed by atoms with Crippen molar-refractivity contribution in [1.29, 1.82) is 0 Å². The van der Waals surface area contributed by atoms with Crippen LogP contribution in [0.15, 0.2) is 24.3 Å². The number of hydrogen-bond acceptors (Lipinski definition) is 4. The SMILES string of the molecule is COCCC(=O)N[C@@]1(C)C[C@H](c2ccc(NC(C)=O)cc2)O[C@@H]2C[C@H](C)CC[C@H]21. The topological polar surface area (TPSA) is 76.7 Å². The van der Waals surface area contributed by atoms with Crippen LogP contribution in [0.5, 0.6) is 0 Å². The first-order valence-electron chi connectivity index (χ1n) is 10.6. The molecule has 160 valence electrons. The summed E-state index contributed by atoms with van der Waals surface area (Å²) in [5.41, 5.74) is 1.54. The second-order valence-electron chi connectivity index (χ2n) is 8.90. The highest BCUT2D eigenvalue weighted by atomic mass is 16.5. The predicted octanol–water partition coefficient (Wildman–Crippen LogP) is 3.82. The van der Waals surface area contributed by atoms with Crippen LogP contribution >= 0.6 is 0 Å². The molecule has 2 N–H and O–H groups in total. The molecule has 0 radical (unpaired) electrons. The molecule has 1 saturated carbocycles. The number of benzene rings is 1. The van der Waals surface area contributed by atoms with Crippen LogP contribution < -0.4 is 10.6 Å². The second-order valence-corrected chi connectivity index (χ2v) is 8.90. The number of nitrogens with one attached hydrogen (secondary N) is 2. The highest BCUT2D eigenvalue weighted by Crippen LogP contribution is 2.48. The molecule has 0 unspecified atom stereocenters. The van der Waals surface area contributed by atoms with Crippen molar-refractivity contribution in [3.8, 4) is 0 Å². The fourth-order valence-electron chi connectivity index (χ4n) is 4.90. The minimum absolute atomic E-state index is 0.0355. The van der Waals surface area contributed by atoms with Crippen LogP contribution in [0.25, 0.3) is 0 Å². The average Bonchev–Trinajstić information content (AvgIpc) is 2.65. The van der Waals surface area contributed by atoms with Crippen molar-refractivity contribution in [3.05, 3.63) is 29.8 Å². The van der Waals surface area contributed by atoms with Gasteiger partial charge in [0.05, 0.1) is 18.8 Å². The van der Waals surface area contributed by atoms with Crippen molar-refractivity contribution in [2.75, 3.05) is 19.0 Å². The Morgan fingerprint density at radius 1 is 1.24 bits per heavy atom. The second kappa shape index (κ2) is 9.26. The summed E-state index contributed by atoms with van der Waals surface area (Å²) in [6.07, 6.45) is 4.43. The molecule has 1 saturated heterocycles. The van der Waals surface area contributed by atoms with E-state index >= 15 is 0 Å². The van der Waals surface area contributed by atoms with Crippen LogP contribution in [0.1, 0.15) is 64.5 Å². The maximum atomic E-state index is 12.5. The average molecular weight is 403 g/mol. The molecule has 29 heavy (non-hydrogen) atoms. The largest absolute Gasteiger partial charge is 0.384 e. The minimum Gasteiger partial charge on any atom is -0.384 e. The quantitative estimate of drug-likeness (QED) is 0.758. The number of methoxy groups -OCH3 is 1. The van der Waals surface area contributed by atoms with Crippen LogP contribution in [-0.2, 0) is 19.1 Å². The number of amides is 2. The molecule has 1 aliphatic carbocycles. The van der Waals surface area contributed by atoms with E-state index in [-0.39, 0.29) is 29.6 Å². The van der Waals surface area contributed by atoms with Gasteiger partial charge >= 0.3 is 0 Å². The maximum Gasteiger partial charge on any atom is 0.222 e. The summed E-state index contributed by atoms with van der Waals surface area (Å²) < 4.78 is 11.6. The van der Waals surface area contributed by atoms with Gasteiger partial charge in [0, 0.05) is 44.0 Å². The molecule has 1 aromatic rings. The molecule has 2 aliphatic rings. The Morgan fingerprint density at radius 3 is 2.62 bits per heavy atom. The molecule has 1 heterocycles. The Kier molecular flexibility index (Phi) is 6.96. The lowest BCUT2D eigenvalue weighted by Crippen LogP contribution is -2.60. The minimum atomic E-state index is -0.311. The van der Waals surface area contributed by atoms with Crippen molar-refractivity contribution >= 4 is 17.5 Å². The summed E-state index contributed by atoms with van der Waals surface area (Å²) in [5, 5.41) is 6.12. The molecule has 6 nitrogen and oxygen atoms in total. The van der Waals surface area contributed by atoms with E-state index in [1.807, 2.05) is 24.3 Å². The molecule has 1 aromatic carbocycles. The lowest BCUT2D eigenvalue weighted by Gasteiger charge is -2.52. The summed E-state index contributed by atoms with van der Waals surface area (Å²) in [5.74, 6) is 0.899. The van der Waals surface area contributed by atoms with Crippen LogP contribution in [0, 0.1) is 11.8 Å². The first-order valence-corrected chi connectivity index (χ1v) is 10.6. The van der Waals surface area contributed by atoms with E-state index in [9.17, 15) is 9.59 Å². The van der Waals surface area contributed by atoms with Gasteiger partial charge in [0.15, 0.2) is 0 Å². The van der Waals surface area contributed by atoms with Crippen molar-refractivity contribution in [3.63, 3.8) is 0 Å². The third-order valence-electron chi connectivity index (χ3n) is 6.38. The molecule has 2 amide bonds. The zero-order valence-corrected chi connectivity index (χ0v) is 18.0.